The minimum atomic E-state index is -4.34. The molecule has 16 nitrogen and oxygen atoms in total. The van der Waals surface area contributed by atoms with Crippen molar-refractivity contribution in [2.75, 3.05) is 18.5 Å². The van der Waals surface area contributed by atoms with Crippen molar-refractivity contribution < 1.29 is 42.0 Å². The minimum Gasteiger partial charge on any atom is -0.489 e. The van der Waals surface area contributed by atoms with E-state index in [2.05, 4.69) is 25.8 Å². The van der Waals surface area contributed by atoms with Crippen LogP contribution in [0.25, 0.3) is 0 Å². The van der Waals surface area contributed by atoms with E-state index in [0.29, 0.717) is 11.4 Å². The van der Waals surface area contributed by atoms with Gasteiger partial charge in [-0.15, -0.1) is 0 Å². The molecule has 0 saturated carbocycles. The maximum atomic E-state index is 12.9. The Bertz CT molecular complexity index is 1670. The average Bonchev–Trinajstić information content (AvgIpc) is 2.95. The van der Waals surface area contributed by atoms with Gasteiger partial charge in [0.05, 0.1) is 34.3 Å². The number of azo groups is 2. The first kappa shape index (κ1) is 29.6. The summed E-state index contributed by atoms with van der Waals surface area (Å²) in [6.45, 7) is -0.374. The number of barbiturate groups is 1. The van der Waals surface area contributed by atoms with Crippen LogP contribution in [-0.2, 0) is 19.7 Å². The molecule has 3 aromatic carbocycles. The molecule has 216 valence electrons. The Morgan fingerprint density at radius 1 is 0.857 bits per heavy atom. The van der Waals surface area contributed by atoms with E-state index in [1.807, 2.05) is 10.6 Å². The number of carbonyl (C=O) groups is 4. The highest BCUT2D eigenvalue weighted by Gasteiger charge is 2.34. The molecule has 0 aromatic heterocycles. The molecule has 42 heavy (non-hydrogen) atoms. The molecule has 1 fully saturated rings. The lowest BCUT2D eigenvalue weighted by Crippen LogP contribution is -2.57. The third-order valence-electron chi connectivity index (χ3n) is 5.37. The van der Waals surface area contributed by atoms with Crippen LogP contribution in [0.4, 0.5) is 27.5 Å². The number of nitrogens with one attached hydrogen (secondary N) is 3. The molecule has 1 aliphatic rings. The quantitative estimate of drug-likeness (QED) is 0.131. The Labute approximate surface area is 237 Å². The van der Waals surface area contributed by atoms with Gasteiger partial charge in [0.15, 0.2) is 0 Å². The monoisotopic (exact) mass is 595 g/mol. The Kier molecular flexibility index (Phi) is 9.05. The number of aliphatic hydroxyl groups is 1. The highest BCUT2D eigenvalue weighted by atomic mass is 32.2. The number of imide groups is 2. The lowest BCUT2D eigenvalue weighted by atomic mass is 10.2. The SMILES string of the molecule is O=C1NC(=O)C(N=Nc2ccc(C(=O)Nc3ccc(N=Nc4ccc(S(=O)(=O)O)cc4)cc3OCCO)cc2)C(=O)N1. The first-order valence-corrected chi connectivity index (χ1v) is 13.3. The van der Waals surface area contributed by atoms with E-state index in [-0.39, 0.29) is 40.8 Å². The number of nitrogens with zero attached hydrogens (tertiary/aromatic N) is 4. The molecular formula is C25H21N7O9S. The zero-order valence-corrected chi connectivity index (χ0v) is 22.1. The molecule has 0 aliphatic carbocycles. The zero-order chi connectivity index (χ0) is 30.3. The molecule has 1 aliphatic heterocycles. The van der Waals surface area contributed by atoms with Crippen LogP contribution in [-0.4, -0.2) is 61.1 Å². The van der Waals surface area contributed by atoms with Crippen molar-refractivity contribution in [2.24, 2.45) is 20.5 Å². The summed E-state index contributed by atoms with van der Waals surface area (Å²) in [6.07, 6.45) is 0. The number of aliphatic hydroxyl groups excluding tert-OH is 1. The summed E-state index contributed by atoms with van der Waals surface area (Å²) in [4.78, 5) is 47.2. The van der Waals surface area contributed by atoms with Crippen molar-refractivity contribution in [3.63, 3.8) is 0 Å². The zero-order valence-electron chi connectivity index (χ0n) is 21.3. The molecule has 4 rings (SSSR count). The number of urea groups is 1. The molecule has 5 amide bonds. The van der Waals surface area contributed by atoms with E-state index in [4.69, 9.17) is 9.29 Å². The minimum absolute atomic E-state index is 0.0779. The Hall–Kier alpha value is -5.39. The summed E-state index contributed by atoms with van der Waals surface area (Å²) in [5.74, 6) is -2.16. The molecule has 0 spiro atoms. The van der Waals surface area contributed by atoms with E-state index < -0.39 is 39.9 Å². The molecule has 0 unspecified atom stereocenters. The number of hydrogen-bond donors (Lipinski definition) is 5. The van der Waals surface area contributed by atoms with Gasteiger partial charge in [-0.2, -0.15) is 28.9 Å². The van der Waals surface area contributed by atoms with Crippen LogP contribution < -0.4 is 20.7 Å². The maximum Gasteiger partial charge on any atom is 0.328 e. The van der Waals surface area contributed by atoms with Crippen molar-refractivity contribution in [2.45, 2.75) is 10.9 Å². The summed E-state index contributed by atoms with van der Waals surface area (Å²) in [5, 5.41) is 31.2. The summed E-state index contributed by atoms with van der Waals surface area (Å²) >= 11 is 0. The second kappa shape index (κ2) is 12.9. The third kappa shape index (κ3) is 7.62. The molecule has 17 heteroatoms. The van der Waals surface area contributed by atoms with E-state index in [0.717, 1.165) is 0 Å². The number of benzene rings is 3. The Balaban J connectivity index is 1.44. The molecule has 0 radical (unpaired) electrons. The molecule has 1 saturated heterocycles. The van der Waals surface area contributed by atoms with Crippen molar-refractivity contribution in [1.29, 1.82) is 0 Å². The largest absolute Gasteiger partial charge is 0.489 e. The Morgan fingerprint density at radius 2 is 1.43 bits per heavy atom. The molecule has 5 N–H and O–H groups in total. The number of rotatable bonds is 10. The van der Waals surface area contributed by atoms with Gasteiger partial charge in [-0.25, -0.2) is 4.79 Å². The average molecular weight is 596 g/mol. The van der Waals surface area contributed by atoms with Crippen molar-refractivity contribution in [3.8, 4) is 5.75 Å². The Morgan fingerprint density at radius 3 is 2.05 bits per heavy atom. The van der Waals surface area contributed by atoms with Crippen LogP contribution in [0.3, 0.4) is 0 Å². The van der Waals surface area contributed by atoms with Crippen molar-refractivity contribution in [1.82, 2.24) is 10.6 Å². The molecule has 0 bridgehead atoms. The molecule has 1 heterocycles. The van der Waals surface area contributed by atoms with Crippen LogP contribution in [0.1, 0.15) is 10.4 Å². The number of ether oxygens (including phenoxy) is 1. The van der Waals surface area contributed by atoms with Gasteiger partial charge in [0.1, 0.15) is 12.4 Å². The predicted molar refractivity (Wildman–Crippen MR) is 144 cm³/mol. The fraction of sp³-hybridized carbons (Fsp3) is 0.120. The fourth-order valence-electron chi connectivity index (χ4n) is 3.37. The smallest absolute Gasteiger partial charge is 0.328 e. The predicted octanol–water partition coefficient (Wildman–Crippen LogP) is 2.79. The maximum absolute atomic E-state index is 12.9. The highest BCUT2D eigenvalue weighted by Crippen LogP contribution is 2.31. The van der Waals surface area contributed by atoms with Gasteiger partial charge < -0.3 is 15.2 Å². The van der Waals surface area contributed by atoms with Gasteiger partial charge in [-0.05, 0) is 60.7 Å². The van der Waals surface area contributed by atoms with E-state index in [1.165, 1.54) is 66.7 Å². The topological polar surface area (TPSA) is 238 Å². The summed E-state index contributed by atoms with van der Waals surface area (Å²) in [6, 6.07) is 12.8. The van der Waals surface area contributed by atoms with Gasteiger partial charge >= 0.3 is 6.03 Å². The van der Waals surface area contributed by atoms with Gasteiger partial charge in [0.25, 0.3) is 27.8 Å². The third-order valence-corrected chi connectivity index (χ3v) is 6.23. The summed E-state index contributed by atoms with van der Waals surface area (Å²) in [7, 11) is -4.34. The molecule has 0 atom stereocenters. The van der Waals surface area contributed by atoms with Crippen LogP contribution >= 0.6 is 0 Å². The highest BCUT2D eigenvalue weighted by molar-refractivity contribution is 7.85. The van der Waals surface area contributed by atoms with Crippen molar-refractivity contribution >= 4 is 56.6 Å². The van der Waals surface area contributed by atoms with Crippen LogP contribution in [0.5, 0.6) is 5.75 Å². The number of carbonyl (C=O) groups excluding carboxylic acids is 4. The van der Waals surface area contributed by atoms with E-state index in [1.54, 1.807) is 0 Å². The van der Waals surface area contributed by atoms with Gasteiger partial charge in [0, 0.05) is 11.6 Å². The second-order valence-corrected chi connectivity index (χ2v) is 9.77. The van der Waals surface area contributed by atoms with Crippen LogP contribution in [0.2, 0.25) is 0 Å². The summed E-state index contributed by atoms with van der Waals surface area (Å²) in [5.41, 5.74) is 1.34. The molecular weight excluding hydrogens is 574 g/mol. The van der Waals surface area contributed by atoms with Gasteiger partial charge in [-0.3, -0.25) is 29.6 Å². The lowest BCUT2D eigenvalue weighted by Gasteiger charge is -2.16. The normalized spacial score (nSPS) is 14.2. The number of anilines is 1. The van der Waals surface area contributed by atoms with E-state index >= 15 is 0 Å². The standard InChI is InChI=1S/C25H21N7O9S/c33-11-12-41-20-13-17(31-29-16-5-8-18(9-6-16)42(38,39)40)7-10-19(20)26-22(34)14-1-3-15(4-2-14)30-32-21-23(35)27-25(37)28-24(21)36/h1-10,13,21,33H,11-12H2,(H,26,34)(H,38,39,40)(H2,27,28,35,36,37). The van der Waals surface area contributed by atoms with Crippen LogP contribution in [0, 0.1) is 0 Å². The fourth-order valence-corrected chi connectivity index (χ4v) is 3.85. The second-order valence-electron chi connectivity index (χ2n) is 8.35. The van der Waals surface area contributed by atoms with Crippen LogP contribution in [0.15, 0.2) is 92.1 Å². The van der Waals surface area contributed by atoms with E-state index in [9.17, 15) is 32.7 Å². The van der Waals surface area contributed by atoms with Gasteiger partial charge in [-0.1, -0.05) is 0 Å². The first-order valence-electron chi connectivity index (χ1n) is 11.9. The van der Waals surface area contributed by atoms with Crippen molar-refractivity contribution in [3.05, 3.63) is 72.3 Å². The summed E-state index contributed by atoms with van der Waals surface area (Å²) < 4.78 is 36.9. The number of amides is 5. The number of hydrogen-bond acceptors (Lipinski definition) is 12. The lowest BCUT2D eigenvalue weighted by molar-refractivity contribution is -0.131. The van der Waals surface area contributed by atoms with Gasteiger partial charge in [0.2, 0.25) is 6.04 Å². The first-order chi connectivity index (χ1) is 20.0. The molecule has 3 aromatic rings.